The first-order chi connectivity index (χ1) is 8.54. The normalized spacial score (nSPS) is 11.8. The van der Waals surface area contributed by atoms with Gasteiger partial charge in [-0.15, -0.1) is 5.10 Å². The number of furan rings is 1. The van der Waals surface area contributed by atoms with Gasteiger partial charge in [-0.25, -0.2) is 13.1 Å². The van der Waals surface area contributed by atoms with Crippen molar-refractivity contribution in [2.75, 3.05) is 17.8 Å². The van der Waals surface area contributed by atoms with Crippen molar-refractivity contribution >= 4 is 21.6 Å². The zero-order valence-electron chi connectivity index (χ0n) is 9.68. The van der Waals surface area contributed by atoms with Crippen LogP contribution in [0.3, 0.4) is 0 Å². The zero-order chi connectivity index (χ0) is 13.0. The van der Waals surface area contributed by atoms with Gasteiger partial charge in [-0.3, -0.25) is 0 Å². The molecule has 0 aliphatic heterocycles. The Kier molecular flexibility index (Phi) is 4.02. The van der Waals surface area contributed by atoms with Gasteiger partial charge in [-0.1, -0.05) is 11.8 Å². The molecular formula is C9H12N4O3S2. The van der Waals surface area contributed by atoms with Crippen molar-refractivity contribution in [2.24, 2.45) is 0 Å². The molecule has 0 unspecified atom stereocenters. The molecule has 2 rings (SSSR count). The summed E-state index contributed by atoms with van der Waals surface area (Å²) in [6.45, 7) is 0.432. The minimum atomic E-state index is -2.96. The molecule has 9 heteroatoms. The highest BCUT2D eigenvalue weighted by atomic mass is 32.2. The average Bonchev–Trinajstić information content (AvgIpc) is 2.90. The summed E-state index contributed by atoms with van der Waals surface area (Å²) < 4.78 is 28.8. The molecule has 0 atom stereocenters. The summed E-state index contributed by atoms with van der Waals surface area (Å²) in [5.74, 6) is 1.27. The van der Waals surface area contributed by atoms with Gasteiger partial charge in [0, 0.05) is 12.0 Å². The summed E-state index contributed by atoms with van der Waals surface area (Å²) >= 11 is 1.31. The molecule has 7 nitrogen and oxygen atoms in total. The number of nitrogens with zero attached hydrogens (tertiary/aromatic N) is 4. The lowest BCUT2D eigenvalue weighted by atomic mass is 10.4. The van der Waals surface area contributed by atoms with Crippen molar-refractivity contribution in [1.82, 2.24) is 20.2 Å². The third kappa shape index (κ3) is 3.84. The fourth-order valence-corrected chi connectivity index (χ4v) is 3.30. The predicted molar refractivity (Wildman–Crippen MR) is 66.1 cm³/mol. The number of aromatic nitrogens is 4. The van der Waals surface area contributed by atoms with E-state index in [9.17, 15) is 8.42 Å². The Morgan fingerprint density at radius 3 is 3.00 bits per heavy atom. The molecule has 2 heterocycles. The van der Waals surface area contributed by atoms with E-state index in [1.165, 1.54) is 18.0 Å². The zero-order valence-corrected chi connectivity index (χ0v) is 11.3. The van der Waals surface area contributed by atoms with E-state index in [1.807, 2.05) is 6.07 Å². The summed E-state index contributed by atoms with van der Waals surface area (Å²) in [6.07, 6.45) is 2.79. The lowest BCUT2D eigenvalue weighted by Gasteiger charge is -2.01. The smallest absolute Gasteiger partial charge is 0.209 e. The van der Waals surface area contributed by atoms with E-state index in [-0.39, 0.29) is 5.75 Å². The van der Waals surface area contributed by atoms with Crippen LogP contribution >= 0.6 is 11.8 Å². The highest BCUT2D eigenvalue weighted by Crippen LogP contribution is 2.15. The van der Waals surface area contributed by atoms with Crippen LogP contribution < -0.4 is 0 Å². The van der Waals surface area contributed by atoms with Crippen molar-refractivity contribution in [1.29, 1.82) is 0 Å². The molecule has 2 aromatic rings. The third-order valence-corrected chi connectivity index (χ3v) is 4.23. The standard InChI is InChI=1S/C9H12N4O3S2/c1-18(14,15)6-5-17-9-10-11-12-13(9)7-8-3-2-4-16-8/h2-4H,5-7H2,1H3. The van der Waals surface area contributed by atoms with E-state index in [1.54, 1.807) is 17.0 Å². The van der Waals surface area contributed by atoms with Gasteiger partial charge in [0.2, 0.25) is 5.16 Å². The molecule has 0 bridgehead atoms. The minimum absolute atomic E-state index is 0.102. The summed E-state index contributed by atoms with van der Waals surface area (Å²) in [5, 5.41) is 11.8. The molecule has 0 aromatic carbocycles. The van der Waals surface area contributed by atoms with Crippen LogP contribution in [0.25, 0.3) is 0 Å². The second kappa shape index (κ2) is 5.53. The fraction of sp³-hybridized carbons (Fsp3) is 0.444. The van der Waals surface area contributed by atoms with E-state index in [2.05, 4.69) is 15.5 Å². The van der Waals surface area contributed by atoms with Crippen molar-refractivity contribution in [3.8, 4) is 0 Å². The Hall–Kier alpha value is -1.35. The second-order valence-corrected chi connectivity index (χ2v) is 7.00. The van der Waals surface area contributed by atoms with Crippen LogP contribution in [0.2, 0.25) is 0 Å². The molecule has 0 spiro atoms. The lowest BCUT2D eigenvalue weighted by Crippen LogP contribution is -2.07. The van der Waals surface area contributed by atoms with Crippen LogP contribution in [0.1, 0.15) is 5.76 Å². The van der Waals surface area contributed by atoms with Crippen LogP contribution in [0, 0.1) is 0 Å². The quantitative estimate of drug-likeness (QED) is 0.713. The van der Waals surface area contributed by atoms with Crippen LogP contribution in [-0.2, 0) is 16.4 Å². The molecule has 0 saturated heterocycles. The molecule has 0 aliphatic carbocycles. The number of rotatable bonds is 6. The van der Waals surface area contributed by atoms with E-state index < -0.39 is 9.84 Å². The minimum Gasteiger partial charge on any atom is -0.467 e. The van der Waals surface area contributed by atoms with Crippen molar-refractivity contribution in [3.63, 3.8) is 0 Å². The third-order valence-electron chi connectivity index (χ3n) is 2.07. The van der Waals surface area contributed by atoms with Gasteiger partial charge in [0.1, 0.15) is 22.1 Å². The van der Waals surface area contributed by atoms with E-state index in [4.69, 9.17) is 4.42 Å². The van der Waals surface area contributed by atoms with Gasteiger partial charge in [0.05, 0.1) is 12.0 Å². The Morgan fingerprint density at radius 1 is 1.50 bits per heavy atom. The van der Waals surface area contributed by atoms with Gasteiger partial charge in [-0.2, -0.15) is 0 Å². The molecule has 0 saturated carbocycles. The first-order valence-electron chi connectivity index (χ1n) is 5.14. The number of tetrazole rings is 1. The summed E-state index contributed by atoms with van der Waals surface area (Å²) in [6, 6.07) is 3.61. The van der Waals surface area contributed by atoms with Gasteiger partial charge in [0.25, 0.3) is 0 Å². The molecule has 98 valence electrons. The van der Waals surface area contributed by atoms with Crippen LogP contribution in [0.5, 0.6) is 0 Å². The van der Waals surface area contributed by atoms with Gasteiger partial charge >= 0.3 is 0 Å². The highest BCUT2D eigenvalue weighted by molar-refractivity contribution is 8.00. The Morgan fingerprint density at radius 2 is 2.33 bits per heavy atom. The maximum atomic E-state index is 11.0. The molecule has 0 fully saturated rings. The Bertz CT molecular complexity index is 591. The summed E-state index contributed by atoms with van der Waals surface area (Å²) in [4.78, 5) is 0. The van der Waals surface area contributed by atoms with E-state index >= 15 is 0 Å². The molecule has 2 aromatic heterocycles. The van der Waals surface area contributed by atoms with E-state index in [0.29, 0.717) is 17.5 Å². The first kappa shape index (κ1) is 13.1. The average molecular weight is 288 g/mol. The van der Waals surface area contributed by atoms with Crippen molar-refractivity contribution in [3.05, 3.63) is 24.2 Å². The first-order valence-corrected chi connectivity index (χ1v) is 8.18. The van der Waals surface area contributed by atoms with Crippen LogP contribution in [0.15, 0.2) is 28.0 Å². The van der Waals surface area contributed by atoms with Crippen LogP contribution in [-0.4, -0.2) is 46.4 Å². The van der Waals surface area contributed by atoms with Crippen molar-refractivity contribution < 1.29 is 12.8 Å². The number of hydrogen-bond acceptors (Lipinski definition) is 7. The molecule has 18 heavy (non-hydrogen) atoms. The van der Waals surface area contributed by atoms with Gasteiger partial charge in [0.15, 0.2) is 0 Å². The molecule has 0 aliphatic rings. The van der Waals surface area contributed by atoms with Gasteiger partial charge < -0.3 is 4.42 Å². The molecule has 0 radical (unpaired) electrons. The number of thioether (sulfide) groups is 1. The lowest BCUT2D eigenvalue weighted by molar-refractivity contribution is 0.462. The van der Waals surface area contributed by atoms with Gasteiger partial charge in [-0.05, 0) is 22.6 Å². The van der Waals surface area contributed by atoms with E-state index in [0.717, 1.165) is 5.76 Å². The Labute approximate surface area is 108 Å². The fourth-order valence-electron chi connectivity index (χ4n) is 1.23. The predicted octanol–water partition coefficient (Wildman–Crippen LogP) is 0.451. The largest absolute Gasteiger partial charge is 0.467 e. The highest BCUT2D eigenvalue weighted by Gasteiger charge is 2.10. The molecule has 0 N–H and O–H groups in total. The van der Waals surface area contributed by atoms with Crippen molar-refractivity contribution in [2.45, 2.75) is 11.7 Å². The number of hydrogen-bond donors (Lipinski definition) is 0. The second-order valence-electron chi connectivity index (χ2n) is 3.68. The SMILES string of the molecule is CS(=O)(=O)CCSc1nnnn1Cc1ccco1. The summed E-state index contributed by atoms with van der Waals surface area (Å²) in [7, 11) is -2.96. The maximum absolute atomic E-state index is 11.0. The maximum Gasteiger partial charge on any atom is 0.209 e. The molecule has 0 amide bonds. The Balaban J connectivity index is 1.95. The molecular weight excluding hydrogens is 276 g/mol. The monoisotopic (exact) mass is 288 g/mol. The number of sulfone groups is 1. The van der Waals surface area contributed by atoms with Crippen LogP contribution in [0.4, 0.5) is 0 Å². The topological polar surface area (TPSA) is 90.9 Å². The summed E-state index contributed by atoms with van der Waals surface area (Å²) in [5.41, 5.74) is 0.